The van der Waals surface area contributed by atoms with Crippen LogP contribution in [0.1, 0.15) is 194 Å². The Kier molecular flexibility index (Phi) is 35.0. The van der Waals surface area contributed by atoms with Crippen LogP contribution >= 0.6 is 12.6 Å². The highest BCUT2D eigenvalue weighted by Gasteiger charge is 2.45. The molecule has 0 unspecified atom stereocenters. The van der Waals surface area contributed by atoms with E-state index in [4.69, 9.17) is 13.3 Å². The van der Waals surface area contributed by atoms with Crippen molar-refractivity contribution in [1.29, 1.82) is 0 Å². The normalized spacial score (nSPS) is 13.4. The Labute approximate surface area is 276 Å². The number of allylic oxidation sites excluding steroid dienone is 3. The summed E-state index contributed by atoms with van der Waals surface area (Å²) in [4.78, 5) is 0. The molecule has 0 spiro atoms. The van der Waals surface area contributed by atoms with Crippen molar-refractivity contribution in [3.63, 3.8) is 0 Å². The predicted octanol–water partition coefficient (Wildman–Crippen LogP) is 14.0. The first kappa shape index (κ1) is 42.2. The quantitative estimate of drug-likeness (QED) is 0.0324. The van der Waals surface area contributed by atoms with Gasteiger partial charge in [-0.15, -0.1) is 0 Å². The first-order chi connectivity index (χ1) is 21.2. The molecule has 0 aliphatic rings. The molecule has 0 N–H and O–H groups in total. The van der Waals surface area contributed by atoms with Crippen molar-refractivity contribution in [1.82, 2.24) is 0 Å². The van der Waals surface area contributed by atoms with Gasteiger partial charge in [-0.25, -0.2) is 0 Å². The van der Waals surface area contributed by atoms with E-state index in [-0.39, 0.29) is 0 Å². The largest absolute Gasteiger partial charge is 0.698 e. The van der Waals surface area contributed by atoms with Crippen LogP contribution in [0.25, 0.3) is 0 Å². The Balaban J connectivity index is 4.62. The Hall–Kier alpha value is -0.813. The monoisotopic (exact) mass is 639 g/mol. The first-order valence-corrected chi connectivity index (χ1v) is 21.4. The summed E-state index contributed by atoms with van der Waals surface area (Å²) in [6, 6.07) is 0.683. The van der Waals surface area contributed by atoms with Crippen LogP contribution in [0.15, 0.2) is 37.0 Å². The molecule has 5 heteroatoms. The van der Waals surface area contributed by atoms with Gasteiger partial charge in [-0.2, -0.15) is 12.6 Å². The minimum atomic E-state index is -2.91. The van der Waals surface area contributed by atoms with E-state index in [0.717, 1.165) is 19.3 Å². The predicted molar refractivity (Wildman–Crippen MR) is 197 cm³/mol. The van der Waals surface area contributed by atoms with Gasteiger partial charge in [0.25, 0.3) is 0 Å². The summed E-state index contributed by atoms with van der Waals surface area (Å²) in [5, 5.41) is 0. The molecule has 0 aromatic rings. The molecule has 0 fully saturated rings. The van der Waals surface area contributed by atoms with E-state index < -0.39 is 8.80 Å². The average Bonchev–Trinajstić information content (AvgIpc) is 3.01. The number of hydrogen-bond acceptors (Lipinski definition) is 4. The van der Waals surface area contributed by atoms with Crippen molar-refractivity contribution in [2.75, 3.05) is 5.75 Å². The lowest BCUT2D eigenvalue weighted by Crippen LogP contribution is -2.42. The molecule has 0 aromatic heterocycles. The SMILES string of the molecule is CCCCCCCCCCC=CO[Si](CCS)(OC=CCCCCCCCCCC)OC=CCCCCCCCCCC. The van der Waals surface area contributed by atoms with Gasteiger partial charge in [0.1, 0.15) is 0 Å². The fourth-order valence-corrected chi connectivity index (χ4v) is 7.77. The lowest BCUT2D eigenvalue weighted by Gasteiger charge is -2.25. The summed E-state index contributed by atoms with van der Waals surface area (Å²) < 4.78 is 18.9. The maximum Gasteiger partial charge on any atom is 0.698 e. The number of rotatable bonds is 35. The van der Waals surface area contributed by atoms with Gasteiger partial charge in [-0.3, -0.25) is 0 Å². The molecule has 0 aliphatic heterocycles. The molecular formula is C38H74O3SSi. The summed E-state index contributed by atoms with van der Waals surface area (Å²) >= 11 is 4.53. The van der Waals surface area contributed by atoms with Gasteiger partial charge in [0.15, 0.2) is 0 Å². The molecule has 0 aliphatic carbocycles. The van der Waals surface area contributed by atoms with E-state index >= 15 is 0 Å². The Bertz CT molecular complexity index is 543. The van der Waals surface area contributed by atoms with Crippen molar-refractivity contribution < 1.29 is 13.3 Å². The van der Waals surface area contributed by atoms with E-state index in [1.807, 2.05) is 18.8 Å². The second-order valence-electron chi connectivity index (χ2n) is 12.4. The molecule has 0 radical (unpaired) electrons. The molecule has 0 atom stereocenters. The van der Waals surface area contributed by atoms with Gasteiger partial charge in [0.2, 0.25) is 0 Å². The van der Waals surface area contributed by atoms with Crippen LogP contribution in [0.5, 0.6) is 0 Å². The highest BCUT2D eigenvalue weighted by atomic mass is 32.1. The molecule has 0 bridgehead atoms. The third-order valence-electron chi connectivity index (χ3n) is 8.12. The van der Waals surface area contributed by atoms with E-state index in [1.165, 1.54) is 154 Å². The van der Waals surface area contributed by atoms with Crippen LogP contribution in [-0.2, 0) is 13.3 Å². The van der Waals surface area contributed by atoms with E-state index in [2.05, 4.69) is 51.6 Å². The molecule has 0 saturated carbocycles. The standard InChI is InChI=1S/C38H74O3SSi/c1-4-7-10-13-16-19-22-25-28-31-34-39-43(38-37-42,40-35-32-29-26-23-20-17-14-11-8-5-2)41-36-33-30-27-24-21-18-15-12-9-6-3/h31-36,42H,4-30,37-38H2,1-3H3. The third-order valence-corrected chi connectivity index (χ3v) is 11.1. The first-order valence-electron chi connectivity index (χ1n) is 18.8. The molecule has 0 heterocycles. The van der Waals surface area contributed by atoms with Crippen molar-refractivity contribution in [3.8, 4) is 0 Å². The van der Waals surface area contributed by atoms with Crippen LogP contribution in [0.4, 0.5) is 0 Å². The fourth-order valence-electron chi connectivity index (χ4n) is 5.24. The number of hydrogen-bond donors (Lipinski definition) is 1. The zero-order valence-electron chi connectivity index (χ0n) is 29.1. The second kappa shape index (κ2) is 35.7. The van der Waals surface area contributed by atoms with Crippen LogP contribution in [0, 0.1) is 0 Å². The van der Waals surface area contributed by atoms with Crippen LogP contribution in [0.2, 0.25) is 6.04 Å². The van der Waals surface area contributed by atoms with Crippen LogP contribution in [-0.4, -0.2) is 14.6 Å². The van der Waals surface area contributed by atoms with Gasteiger partial charge in [-0.1, -0.05) is 174 Å². The molecule has 43 heavy (non-hydrogen) atoms. The topological polar surface area (TPSA) is 27.7 Å². The summed E-state index contributed by atoms with van der Waals surface area (Å²) in [5.41, 5.74) is 0. The zero-order chi connectivity index (χ0) is 31.4. The van der Waals surface area contributed by atoms with E-state index in [1.54, 1.807) is 0 Å². The maximum atomic E-state index is 6.29. The third kappa shape index (κ3) is 31.0. The van der Waals surface area contributed by atoms with Crippen molar-refractivity contribution in [2.45, 2.75) is 200 Å². The smallest absolute Gasteiger partial charge is 0.490 e. The highest BCUT2D eigenvalue weighted by Crippen LogP contribution is 2.20. The number of thiol groups is 1. The van der Waals surface area contributed by atoms with Gasteiger partial charge in [-0.05, 0) is 44.3 Å². The van der Waals surface area contributed by atoms with Crippen LogP contribution in [0.3, 0.4) is 0 Å². The lowest BCUT2D eigenvalue weighted by atomic mass is 10.1. The number of unbranched alkanes of at least 4 members (excludes halogenated alkanes) is 24. The lowest BCUT2D eigenvalue weighted by molar-refractivity contribution is 0.181. The van der Waals surface area contributed by atoms with Crippen molar-refractivity contribution >= 4 is 21.4 Å². The summed E-state index contributed by atoms with van der Waals surface area (Å²) in [5.74, 6) is 0.676. The Morgan fingerprint density at radius 3 is 0.907 bits per heavy atom. The molecule has 0 rings (SSSR count). The Morgan fingerprint density at radius 1 is 0.395 bits per heavy atom. The van der Waals surface area contributed by atoms with Crippen molar-refractivity contribution in [2.24, 2.45) is 0 Å². The van der Waals surface area contributed by atoms with Gasteiger partial charge in [0, 0.05) is 0 Å². The van der Waals surface area contributed by atoms with Crippen molar-refractivity contribution in [3.05, 3.63) is 37.0 Å². The fraction of sp³-hybridized carbons (Fsp3) is 0.842. The average molecular weight is 639 g/mol. The summed E-state index contributed by atoms with van der Waals surface area (Å²) in [6.45, 7) is 6.84. The summed E-state index contributed by atoms with van der Waals surface area (Å²) in [6.07, 6.45) is 47.2. The molecule has 0 saturated heterocycles. The molecule has 254 valence electrons. The van der Waals surface area contributed by atoms with Gasteiger partial charge < -0.3 is 13.3 Å². The van der Waals surface area contributed by atoms with E-state index in [0.29, 0.717) is 11.8 Å². The van der Waals surface area contributed by atoms with Gasteiger partial charge in [0.05, 0.1) is 24.8 Å². The highest BCUT2D eigenvalue weighted by molar-refractivity contribution is 7.80. The van der Waals surface area contributed by atoms with Crippen LogP contribution < -0.4 is 0 Å². The molecule has 3 nitrogen and oxygen atoms in total. The maximum absolute atomic E-state index is 6.29. The van der Waals surface area contributed by atoms with Gasteiger partial charge >= 0.3 is 8.80 Å². The zero-order valence-corrected chi connectivity index (χ0v) is 31.0. The second-order valence-corrected chi connectivity index (χ2v) is 15.4. The van der Waals surface area contributed by atoms with E-state index in [9.17, 15) is 0 Å². The summed E-state index contributed by atoms with van der Waals surface area (Å²) in [7, 11) is -2.91. The molecule has 0 aromatic carbocycles. The molecular weight excluding hydrogens is 565 g/mol. The minimum absolute atomic E-state index is 0.676. The minimum Gasteiger partial charge on any atom is -0.490 e. The Morgan fingerprint density at radius 2 is 0.651 bits per heavy atom. The molecule has 0 amide bonds.